The third-order valence-corrected chi connectivity index (χ3v) is 2.37. The van der Waals surface area contributed by atoms with Gasteiger partial charge < -0.3 is 5.32 Å². The quantitative estimate of drug-likeness (QED) is 0.899. The average Bonchev–Trinajstić information content (AvgIpc) is 2.28. The molecule has 0 aliphatic carbocycles. The molecule has 0 saturated carbocycles. The lowest BCUT2D eigenvalue weighted by Gasteiger charge is -2.08. The molecule has 1 aromatic carbocycles. The summed E-state index contributed by atoms with van der Waals surface area (Å²) >= 11 is 0. The van der Waals surface area contributed by atoms with Gasteiger partial charge in [-0.25, -0.2) is 18.7 Å². The number of halogens is 2. The molecule has 3 nitrogen and oxygen atoms in total. The molecule has 5 heteroatoms. The number of rotatable bonds is 3. The Labute approximate surface area is 104 Å². The molecular formula is C13H13F2N3. The van der Waals surface area contributed by atoms with Crippen LogP contribution in [0.5, 0.6) is 0 Å². The van der Waals surface area contributed by atoms with E-state index in [1.807, 2.05) is 31.2 Å². The van der Waals surface area contributed by atoms with Crippen LogP contribution in [0.1, 0.15) is 23.5 Å². The zero-order chi connectivity index (χ0) is 13.1. The molecule has 0 bridgehead atoms. The fraction of sp³-hybridized carbons (Fsp3) is 0.231. The van der Waals surface area contributed by atoms with E-state index in [2.05, 4.69) is 15.3 Å². The van der Waals surface area contributed by atoms with Gasteiger partial charge in [-0.1, -0.05) is 12.1 Å². The molecule has 2 aromatic rings. The number of anilines is 2. The SMILES string of the molecule is Cc1cccc(Nc2cc(C(F)F)nc(C)n2)c1. The highest BCUT2D eigenvalue weighted by atomic mass is 19.3. The summed E-state index contributed by atoms with van der Waals surface area (Å²) in [5, 5.41) is 3.00. The van der Waals surface area contributed by atoms with E-state index in [9.17, 15) is 8.78 Å². The third-order valence-electron chi connectivity index (χ3n) is 2.37. The molecule has 0 unspecified atom stereocenters. The highest BCUT2D eigenvalue weighted by Crippen LogP contribution is 2.21. The first-order valence-corrected chi connectivity index (χ1v) is 5.52. The topological polar surface area (TPSA) is 37.8 Å². The molecule has 2 rings (SSSR count). The van der Waals surface area contributed by atoms with Gasteiger partial charge in [0, 0.05) is 11.8 Å². The Morgan fingerprint density at radius 3 is 2.56 bits per heavy atom. The fourth-order valence-corrected chi connectivity index (χ4v) is 1.64. The van der Waals surface area contributed by atoms with Crippen molar-refractivity contribution in [1.29, 1.82) is 0 Å². The summed E-state index contributed by atoms with van der Waals surface area (Å²) in [6.07, 6.45) is -2.59. The molecule has 1 aromatic heterocycles. The second-order valence-electron chi connectivity index (χ2n) is 4.02. The van der Waals surface area contributed by atoms with E-state index in [-0.39, 0.29) is 5.69 Å². The second-order valence-corrected chi connectivity index (χ2v) is 4.02. The summed E-state index contributed by atoms with van der Waals surface area (Å²) in [4.78, 5) is 7.78. The zero-order valence-electron chi connectivity index (χ0n) is 10.1. The molecule has 0 spiro atoms. The van der Waals surface area contributed by atoms with Crippen LogP contribution in [0.4, 0.5) is 20.3 Å². The van der Waals surface area contributed by atoms with Gasteiger partial charge in [0.1, 0.15) is 17.3 Å². The third kappa shape index (κ3) is 3.00. The van der Waals surface area contributed by atoms with Crippen molar-refractivity contribution in [3.8, 4) is 0 Å². The number of hydrogen-bond donors (Lipinski definition) is 1. The summed E-state index contributed by atoms with van der Waals surface area (Å²) in [7, 11) is 0. The molecule has 94 valence electrons. The Bertz CT molecular complexity index is 556. The van der Waals surface area contributed by atoms with Crippen molar-refractivity contribution in [2.75, 3.05) is 5.32 Å². The lowest BCUT2D eigenvalue weighted by Crippen LogP contribution is -2.01. The fourth-order valence-electron chi connectivity index (χ4n) is 1.64. The van der Waals surface area contributed by atoms with E-state index in [1.165, 1.54) is 6.07 Å². The first-order valence-electron chi connectivity index (χ1n) is 5.52. The van der Waals surface area contributed by atoms with Gasteiger partial charge in [0.15, 0.2) is 0 Å². The van der Waals surface area contributed by atoms with Crippen molar-refractivity contribution in [2.45, 2.75) is 20.3 Å². The Balaban J connectivity index is 2.29. The minimum atomic E-state index is -2.59. The Morgan fingerprint density at radius 2 is 1.89 bits per heavy atom. The second kappa shape index (κ2) is 5.08. The van der Waals surface area contributed by atoms with Gasteiger partial charge in [-0.2, -0.15) is 0 Å². The highest BCUT2D eigenvalue weighted by Gasteiger charge is 2.11. The molecule has 0 radical (unpaired) electrons. The number of hydrogen-bond acceptors (Lipinski definition) is 3. The van der Waals surface area contributed by atoms with Crippen LogP contribution in [0.3, 0.4) is 0 Å². The van der Waals surface area contributed by atoms with Gasteiger partial charge in [0.05, 0.1) is 0 Å². The van der Waals surface area contributed by atoms with Crippen LogP contribution in [0, 0.1) is 13.8 Å². The molecule has 0 aliphatic heterocycles. The number of benzene rings is 1. The van der Waals surface area contributed by atoms with Crippen LogP contribution in [0.15, 0.2) is 30.3 Å². The first kappa shape index (κ1) is 12.4. The minimum Gasteiger partial charge on any atom is -0.340 e. The smallest absolute Gasteiger partial charge is 0.280 e. The largest absolute Gasteiger partial charge is 0.340 e. The van der Waals surface area contributed by atoms with Crippen LogP contribution < -0.4 is 5.32 Å². The molecular weight excluding hydrogens is 236 g/mol. The number of alkyl halides is 2. The van der Waals surface area contributed by atoms with E-state index < -0.39 is 6.43 Å². The lowest BCUT2D eigenvalue weighted by atomic mass is 10.2. The van der Waals surface area contributed by atoms with Crippen LogP contribution in [-0.2, 0) is 0 Å². The summed E-state index contributed by atoms with van der Waals surface area (Å²) in [5.74, 6) is 0.700. The summed E-state index contributed by atoms with van der Waals surface area (Å²) in [5.41, 5.74) is 1.63. The van der Waals surface area contributed by atoms with Crippen molar-refractivity contribution in [1.82, 2.24) is 9.97 Å². The maximum Gasteiger partial charge on any atom is 0.280 e. The molecule has 0 atom stereocenters. The first-order chi connectivity index (χ1) is 8.54. The van der Waals surface area contributed by atoms with Gasteiger partial charge >= 0.3 is 0 Å². The maximum absolute atomic E-state index is 12.6. The molecule has 0 fully saturated rings. The van der Waals surface area contributed by atoms with E-state index in [4.69, 9.17) is 0 Å². The zero-order valence-corrected chi connectivity index (χ0v) is 10.1. The number of aryl methyl sites for hydroxylation is 2. The van der Waals surface area contributed by atoms with E-state index >= 15 is 0 Å². The summed E-state index contributed by atoms with van der Waals surface area (Å²) in [6, 6.07) is 8.88. The van der Waals surface area contributed by atoms with Gasteiger partial charge in [-0.3, -0.25) is 0 Å². The summed E-state index contributed by atoms with van der Waals surface area (Å²) < 4.78 is 25.2. The van der Waals surface area contributed by atoms with E-state index in [0.717, 1.165) is 11.3 Å². The van der Waals surface area contributed by atoms with Crippen molar-refractivity contribution >= 4 is 11.5 Å². The van der Waals surface area contributed by atoms with Gasteiger partial charge in [-0.15, -0.1) is 0 Å². The van der Waals surface area contributed by atoms with Crippen LogP contribution in [0.2, 0.25) is 0 Å². The van der Waals surface area contributed by atoms with Crippen molar-refractivity contribution < 1.29 is 8.78 Å². The molecule has 0 amide bonds. The normalized spacial score (nSPS) is 10.7. The van der Waals surface area contributed by atoms with E-state index in [0.29, 0.717) is 11.6 Å². The monoisotopic (exact) mass is 249 g/mol. The van der Waals surface area contributed by atoms with Crippen LogP contribution >= 0.6 is 0 Å². The Hall–Kier alpha value is -2.04. The standard InChI is InChI=1S/C13H13F2N3/c1-8-4-3-5-10(6-8)18-12-7-11(13(14)15)16-9(2)17-12/h3-7,13H,1-2H3,(H,16,17,18). The maximum atomic E-state index is 12.6. The summed E-state index contributed by atoms with van der Waals surface area (Å²) in [6.45, 7) is 3.55. The molecule has 0 saturated heterocycles. The van der Waals surface area contributed by atoms with Crippen molar-refractivity contribution in [3.63, 3.8) is 0 Å². The van der Waals surface area contributed by atoms with Crippen LogP contribution in [-0.4, -0.2) is 9.97 Å². The number of aromatic nitrogens is 2. The Kier molecular flexibility index (Phi) is 3.50. The Morgan fingerprint density at radius 1 is 1.11 bits per heavy atom. The number of nitrogens with one attached hydrogen (secondary N) is 1. The molecule has 0 aliphatic rings. The predicted molar refractivity (Wildman–Crippen MR) is 66.2 cm³/mol. The molecule has 1 N–H and O–H groups in total. The van der Waals surface area contributed by atoms with Crippen LogP contribution in [0.25, 0.3) is 0 Å². The van der Waals surface area contributed by atoms with Gasteiger partial charge in [-0.05, 0) is 31.5 Å². The van der Waals surface area contributed by atoms with Gasteiger partial charge in [0.2, 0.25) is 0 Å². The molecule has 18 heavy (non-hydrogen) atoms. The van der Waals surface area contributed by atoms with E-state index in [1.54, 1.807) is 6.92 Å². The minimum absolute atomic E-state index is 0.266. The van der Waals surface area contributed by atoms with Gasteiger partial charge in [0.25, 0.3) is 6.43 Å². The average molecular weight is 249 g/mol. The highest BCUT2D eigenvalue weighted by molar-refractivity contribution is 5.57. The van der Waals surface area contributed by atoms with Crippen molar-refractivity contribution in [3.05, 3.63) is 47.4 Å². The van der Waals surface area contributed by atoms with Crippen molar-refractivity contribution in [2.24, 2.45) is 0 Å². The number of nitrogens with zero attached hydrogens (tertiary/aromatic N) is 2. The predicted octanol–water partition coefficient (Wildman–Crippen LogP) is 3.77. The lowest BCUT2D eigenvalue weighted by molar-refractivity contribution is 0.145. The molecule has 1 heterocycles.